The third-order valence-corrected chi connectivity index (χ3v) is 2.75. The lowest BCUT2D eigenvalue weighted by Crippen LogP contribution is -1.95. The Bertz CT molecular complexity index is 280. The summed E-state index contributed by atoms with van der Waals surface area (Å²) in [6.45, 7) is 0. The Kier molecular flexibility index (Phi) is 3.82. The minimum Gasteiger partial charge on any atom is -0.246 e. The first-order valence-electron chi connectivity index (χ1n) is 3.14. The summed E-state index contributed by atoms with van der Waals surface area (Å²) in [6, 6.07) is 3.01. The van der Waals surface area contributed by atoms with Crippen molar-refractivity contribution in [3.63, 3.8) is 0 Å². The Balaban J connectivity index is 3.03. The molecule has 0 amide bonds. The van der Waals surface area contributed by atoms with Gasteiger partial charge >= 0.3 is 0 Å². The highest BCUT2D eigenvalue weighted by molar-refractivity contribution is 14.1. The first-order valence-corrected chi connectivity index (χ1v) is 5.34. The van der Waals surface area contributed by atoms with Crippen LogP contribution in [0.2, 0.25) is 0 Å². The highest BCUT2D eigenvalue weighted by atomic mass is 127. The van der Waals surface area contributed by atoms with Crippen LogP contribution in [0.15, 0.2) is 12.1 Å². The van der Waals surface area contributed by atoms with E-state index in [-0.39, 0.29) is 5.56 Å². The molecule has 0 atom stereocenters. The molecule has 66 valence electrons. The first kappa shape index (κ1) is 10.3. The van der Waals surface area contributed by atoms with Crippen LogP contribution in [-0.4, -0.2) is 4.98 Å². The molecule has 1 nitrogen and oxygen atoms in total. The number of rotatable bonds is 2. The monoisotopic (exact) mass is 347 g/mol. The van der Waals surface area contributed by atoms with E-state index in [2.05, 4.69) is 20.9 Å². The third-order valence-electron chi connectivity index (χ3n) is 1.31. The van der Waals surface area contributed by atoms with E-state index in [0.29, 0.717) is 9.03 Å². The lowest BCUT2D eigenvalue weighted by atomic mass is 10.3. The second-order valence-corrected chi connectivity index (χ2v) is 3.70. The van der Waals surface area contributed by atoms with Gasteiger partial charge in [0.1, 0.15) is 3.70 Å². The highest BCUT2D eigenvalue weighted by Gasteiger charge is 2.12. The molecular weight excluding hydrogens is 343 g/mol. The van der Waals surface area contributed by atoms with Crippen LogP contribution in [0.25, 0.3) is 0 Å². The summed E-state index contributed by atoms with van der Waals surface area (Å²) in [5.74, 6) is 0. The zero-order chi connectivity index (χ0) is 9.14. The van der Waals surface area contributed by atoms with E-state index in [1.54, 1.807) is 6.07 Å². The average Bonchev–Trinajstić information content (AvgIpc) is 2.03. The molecular formula is C7H5BrF2IN. The SMILES string of the molecule is FC(F)c1ccc(CBr)nc1I. The maximum absolute atomic E-state index is 12.2. The molecule has 0 aliphatic heterocycles. The Hall–Kier alpha value is 0.220. The molecule has 1 aromatic heterocycles. The summed E-state index contributed by atoms with van der Waals surface area (Å²) >= 11 is 5.01. The maximum atomic E-state index is 12.2. The van der Waals surface area contributed by atoms with Gasteiger partial charge in [0.05, 0.1) is 5.69 Å². The van der Waals surface area contributed by atoms with E-state index in [1.165, 1.54) is 6.07 Å². The molecule has 0 unspecified atom stereocenters. The molecule has 12 heavy (non-hydrogen) atoms. The largest absolute Gasteiger partial charge is 0.266 e. The van der Waals surface area contributed by atoms with E-state index < -0.39 is 6.43 Å². The summed E-state index contributed by atoms with van der Waals surface area (Å²) in [5, 5.41) is 0.590. The number of hydrogen-bond acceptors (Lipinski definition) is 1. The Labute approximate surface area is 90.8 Å². The maximum Gasteiger partial charge on any atom is 0.266 e. The van der Waals surface area contributed by atoms with Crippen molar-refractivity contribution < 1.29 is 8.78 Å². The van der Waals surface area contributed by atoms with Gasteiger partial charge in [0, 0.05) is 10.9 Å². The van der Waals surface area contributed by atoms with Crippen LogP contribution < -0.4 is 0 Å². The van der Waals surface area contributed by atoms with E-state index >= 15 is 0 Å². The van der Waals surface area contributed by atoms with Gasteiger partial charge in [-0.05, 0) is 34.7 Å². The Morgan fingerprint density at radius 3 is 2.58 bits per heavy atom. The molecule has 0 radical (unpaired) electrons. The van der Waals surface area contributed by atoms with Gasteiger partial charge in [-0.25, -0.2) is 13.8 Å². The number of nitrogens with zero attached hydrogens (tertiary/aromatic N) is 1. The molecule has 1 heterocycles. The van der Waals surface area contributed by atoms with Gasteiger partial charge < -0.3 is 0 Å². The fourth-order valence-corrected chi connectivity index (χ4v) is 1.76. The summed E-state index contributed by atoms with van der Waals surface area (Å²) < 4.78 is 24.8. The van der Waals surface area contributed by atoms with Crippen LogP contribution in [0.1, 0.15) is 17.7 Å². The van der Waals surface area contributed by atoms with Crippen molar-refractivity contribution in [1.82, 2.24) is 4.98 Å². The van der Waals surface area contributed by atoms with Crippen molar-refractivity contribution in [1.29, 1.82) is 0 Å². The fourth-order valence-electron chi connectivity index (χ4n) is 0.720. The van der Waals surface area contributed by atoms with Gasteiger partial charge in [0.15, 0.2) is 0 Å². The summed E-state index contributed by atoms with van der Waals surface area (Å²) in [6.07, 6.45) is -2.44. The van der Waals surface area contributed by atoms with Crippen LogP contribution in [0.4, 0.5) is 8.78 Å². The van der Waals surface area contributed by atoms with Gasteiger partial charge in [-0.15, -0.1) is 0 Å². The average molecular weight is 348 g/mol. The zero-order valence-electron chi connectivity index (χ0n) is 5.90. The van der Waals surface area contributed by atoms with Crippen molar-refractivity contribution in [3.8, 4) is 0 Å². The molecule has 5 heteroatoms. The van der Waals surface area contributed by atoms with Crippen LogP contribution >= 0.6 is 38.5 Å². The number of alkyl halides is 3. The molecule has 0 aliphatic carbocycles. The van der Waals surface area contributed by atoms with Gasteiger partial charge in [-0.1, -0.05) is 15.9 Å². The topological polar surface area (TPSA) is 12.9 Å². The Morgan fingerprint density at radius 2 is 2.17 bits per heavy atom. The molecule has 0 N–H and O–H groups in total. The minimum atomic E-state index is -2.44. The van der Waals surface area contributed by atoms with Gasteiger partial charge in [0.25, 0.3) is 6.43 Å². The van der Waals surface area contributed by atoms with Crippen LogP contribution in [-0.2, 0) is 5.33 Å². The molecule has 0 spiro atoms. The summed E-state index contributed by atoms with van der Waals surface area (Å²) in [7, 11) is 0. The van der Waals surface area contributed by atoms with E-state index in [0.717, 1.165) is 5.69 Å². The van der Waals surface area contributed by atoms with Crippen LogP contribution in [0.3, 0.4) is 0 Å². The fraction of sp³-hybridized carbons (Fsp3) is 0.286. The van der Waals surface area contributed by atoms with Crippen LogP contribution in [0, 0.1) is 3.70 Å². The van der Waals surface area contributed by atoms with Crippen molar-refractivity contribution in [2.24, 2.45) is 0 Å². The first-order chi connectivity index (χ1) is 5.65. The smallest absolute Gasteiger partial charge is 0.246 e. The third kappa shape index (κ3) is 2.35. The second kappa shape index (κ2) is 4.45. The van der Waals surface area contributed by atoms with E-state index in [4.69, 9.17) is 0 Å². The second-order valence-electron chi connectivity index (χ2n) is 2.12. The lowest BCUT2D eigenvalue weighted by molar-refractivity contribution is 0.150. The van der Waals surface area contributed by atoms with Gasteiger partial charge in [-0.3, -0.25) is 0 Å². The molecule has 0 aliphatic rings. The zero-order valence-corrected chi connectivity index (χ0v) is 9.64. The van der Waals surface area contributed by atoms with Crippen molar-refractivity contribution in [2.45, 2.75) is 11.8 Å². The van der Waals surface area contributed by atoms with E-state index in [1.807, 2.05) is 22.6 Å². The summed E-state index contributed by atoms with van der Waals surface area (Å²) in [5.41, 5.74) is 0.768. The number of hydrogen-bond donors (Lipinski definition) is 0. The van der Waals surface area contributed by atoms with Gasteiger partial charge in [-0.2, -0.15) is 0 Å². The minimum absolute atomic E-state index is 0.000278. The number of aromatic nitrogens is 1. The molecule has 0 bridgehead atoms. The van der Waals surface area contributed by atoms with E-state index in [9.17, 15) is 8.78 Å². The Morgan fingerprint density at radius 1 is 1.50 bits per heavy atom. The van der Waals surface area contributed by atoms with Crippen molar-refractivity contribution >= 4 is 38.5 Å². The predicted octanol–water partition coefficient (Wildman–Crippen LogP) is 3.52. The molecule has 0 saturated carbocycles. The highest BCUT2D eigenvalue weighted by Crippen LogP contribution is 2.23. The molecule has 0 aromatic carbocycles. The lowest BCUT2D eigenvalue weighted by Gasteiger charge is -2.03. The number of pyridine rings is 1. The molecule has 0 saturated heterocycles. The molecule has 1 rings (SSSR count). The molecule has 0 fully saturated rings. The van der Waals surface area contributed by atoms with Crippen molar-refractivity contribution in [3.05, 3.63) is 27.1 Å². The summed E-state index contributed by atoms with van der Waals surface area (Å²) in [4.78, 5) is 3.97. The number of halogens is 4. The van der Waals surface area contributed by atoms with Gasteiger partial charge in [0.2, 0.25) is 0 Å². The predicted molar refractivity (Wildman–Crippen MR) is 54.5 cm³/mol. The van der Waals surface area contributed by atoms with Crippen molar-refractivity contribution in [2.75, 3.05) is 0 Å². The van der Waals surface area contributed by atoms with Crippen LogP contribution in [0.5, 0.6) is 0 Å². The standard InChI is InChI=1S/C7H5BrF2IN/c8-3-4-1-2-5(6(9)10)7(11)12-4/h1-2,6H,3H2. The normalized spacial score (nSPS) is 10.8. The quantitative estimate of drug-likeness (QED) is 0.453. The molecule has 1 aromatic rings.